The number of hydrogen-bond acceptors (Lipinski definition) is 6. The van der Waals surface area contributed by atoms with Crippen molar-refractivity contribution in [2.24, 2.45) is 0 Å². The number of H-pyrrole nitrogens is 1. The second-order valence-corrected chi connectivity index (χ2v) is 7.65. The van der Waals surface area contributed by atoms with Crippen LogP contribution in [0, 0.1) is 0 Å². The number of aliphatic hydroxyl groups is 1. The summed E-state index contributed by atoms with van der Waals surface area (Å²) >= 11 is 12.3. The lowest BCUT2D eigenvalue weighted by Gasteiger charge is -2.28. The Kier molecular flexibility index (Phi) is 7.27. The van der Waals surface area contributed by atoms with Crippen LogP contribution >= 0.6 is 43.5 Å². The van der Waals surface area contributed by atoms with Crippen molar-refractivity contribution in [2.45, 2.75) is 43.4 Å². The van der Waals surface area contributed by atoms with E-state index in [1.807, 2.05) is 0 Å². The van der Waals surface area contributed by atoms with E-state index in [1.54, 1.807) is 26.8 Å². The molecule has 2 N–H and O–H groups in total. The van der Waals surface area contributed by atoms with Crippen molar-refractivity contribution in [1.29, 1.82) is 2.67 Å². The van der Waals surface area contributed by atoms with Crippen LogP contribution in [0.3, 0.4) is 0 Å². The molecular formula is C14H20B2Br2ClN3O4. The monoisotopic (exact) mass is 511 g/mol. The molecule has 0 bridgehead atoms. The molecule has 0 amide bonds. The van der Waals surface area contributed by atoms with Gasteiger partial charge in [0.25, 0.3) is 14.9 Å². The molecular weight excluding hydrogens is 491 g/mol. The summed E-state index contributed by atoms with van der Waals surface area (Å²) in [7, 11) is -1.42. The van der Waals surface area contributed by atoms with Gasteiger partial charge in [-0.25, -0.2) is 9.97 Å². The number of alkyl halides is 1. The molecule has 1 fully saturated rings. The van der Waals surface area contributed by atoms with E-state index in [4.69, 9.17) is 28.3 Å². The first-order chi connectivity index (χ1) is 13.0. The molecule has 12 heteroatoms. The van der Waals surface area contributed by atoms with E-state index in [0.29, 0.717) is 5.15 Å². The molecule has 3 heterocycles. The van der Waals surface area contributed by atoms with E-state index in [9.17, 15) is 5.11 Å². The van der Waals surface area contributed by atoms with E-state index in [0.717, 1.165) is 15.5 Å². The van der Waals surface area contributed by atoms with Gasteiger partial charge in [0.1, 0.15) is 39.9 Å². The normalized spacial score (nSPS) is 29.0. The third kappa shape index (κ3) is 5.01. The number of hydrogen-bond donors (Lipinski definition) is 2. The summed E-state index contributed by atoms with van der Waals surface area (Å²) in [6.07, 6.45) is 2.06. The van der Waals surface area contributed by atoms with Crippen molar-refractivity contribution in [1.82, 2.24) is 15.0 Å². The summed E-state index contributed by atoms with van der Waals surface area (Å²) in [6, 6.07) is 0. The van der Waals surface area contributed by atoms with Gasteiger partial charge in [0, 0.05) is 13.3 Å². The Morgan fingerprint density at radius 1 is 1.50 bits per heavy atom. The Balaban J connectivity index is 0.000000218. The van der Waals surface area contributed by atoms with Crippen LogP contribution in [0.1, 0.15) is 6.92 Å². The second kappa shape index (κ2) is 9.86. The van der Waals surface area contributed by atoms with Crippen LogP contribution in [0.25, 0.3) is 11.0 Å². The highest BCUT2D eigenvalue weighted by Crippen LogP contribution is 2.36. The average Bonchev–Trinajstić information content (AvgIpc) is 3.07. The lowest BCUT2D eigenvalue weighted by Crippen LogP contribution is -2.46. The maximum absolute atomic E-state index is 10.2. The summed E-state index contributed by atoms with van der Waals surface area (Å²) in [4.78, 5) is 10.8. The number of fused-ring (bicyclic) bond motifs is 1. The highest BCUT2D eigenvalue weighted by atomic mass is 79.9. The maximum Gasteiger partial charge on any atom is 0.272 e. The highest BCUT2D eigenvalue weighted by Gasteiger charge is 2.51. The van der Waals surface area contributed by atoms with Crippen molar-refractivity contribution >= 4 is 69.4 Å². The average molecular weight is 513 g/mol. The summed E-state index contributed by atoms with van der Waals surface area (Å²) in [5.74, 6) is 0. The van der Waals surface area contributed by atoms with Gasteiger partial charge in [0.15, 0.2) is 0 Å². The van der Waals surface area contributed by atoms with Crippen molar-refractivity contribution < 1.29 is 19.2 Å². The van der Waals surface area contributed by atoms with Crippen LogP contribution in [-0.2, 0) is 14.0 Å². The van der Waals surface area contributed by atoms with Crippen molar-refractivity contribution in [2.75, 3.05) is 6.61 Å². The first-order valence-electron chi connectivity index (χ1n) is 8.96. The molecule has 2 aromatic heterocycles. The molecule has 7 nitrogen and oxygen atoms in total. The fourth-order valence-corrected chi connectivity index (χ4v) is 3.82. The van der Waals surface area contributed by atoms with Gasteiger partial charge < -0.3 is 24.1 Å². The van der Waals surface area contributed by atoms with Crippen LogP contribution < -0.4 is 0 Å². The molecule has 0 saturated carbocycles. The van der Waals surface area contributed by atoms with E-state index in [1.165, 1.54) is 6.33 Å². The Bertz CT molecular complexity index is 790. The first-order valence-corrected chi connectivity index (χ1v) is 9.89. The molecule has 0 spiro atoms. The standard InChI is InChI=1S/C8H17B2BrO4.C6H3BrClN3/c1-8(12)6(15-10-3)5(4-13-9-2)14-7(8)11;7-3-1-9-6-4(3)5(8)10-2-11-6/h5-7,9-10,12H,4H2,1-3H3;1-2H,(H,9,10,11)/t5-,6-,7+,8?;/m1./s1/i9D,10D;. The van der Waals surface area contributed by atoms with Crippen molar-refractivity contribution in [3.8, 4) is 0 Å². The van der Waals surface area contributed by atoms with Crippen molar-refractivity contribution in [3.63, 3.8) is 0 Å². The third-order valence-electron chi connectivity index (χ3n) is 3.75. The molecule has 0 radical (unpaired) electrons. The molecule has 142 valence electrons. The van der Waals surface area contributed by atoms with Crippen LogP contribution in [0.2, 0.25) is 18.8 Å². The predicted molar refractivity (Wildman–Crippen MR) is 112 cm³/mol. The quantitative estimate of drug-likeness (QED) is 0.363. The zero-order chi connectivity index (χ0) is 21.1. The third-order valence-corrected chi connectivity index (χ3v) is 5.81. The Morgan fingerprint density at radius 3 is 2.85 bits per heavy atom. The molecule has 1 saturated heterocycles. The van der Waals surface area contributed by atoms with Crippen LogP contribution in [0.5, 0.6) is 0 Å². The Hall–Kier alpha value is -0.160. The largest absolute Gasteiger partial charge is 0.437 e. The molecule has 0 aromatic carbocycles. The molecule has 26 heavy (non-hydrogen) atoms. The summed E-state index contributed by atoms with van der Waals surface area (Å²) < 4.78 is 31.6. The van der Waals surface area contributed by atoms with Gasteiger partial charge in [0.2, 0.25) is 0 Å². The number of aromatic nitrogens is 3. The molecule has 2 aromatic rings. The van der Waals surface area contributed by atoms with Gasteiger partial charge in [-0.3, -0.25) is 0 Å². The molecule has 0 aliphatic carbocycles. The zero-order valence-electron chi connectivity index (χ0n) is 16.4. The number of aromatic amines is 1. The van der Waals surface area contributed by atoms with E-state index in [2.05, 4.69) is 46.8 Å². The lowest BCUT2D eigenvalue weighted by molar-refractivity contribution is -0.0286. The lowest BCUT2D eigenvalue weighted by atomic mass is 9.95. The van der Waals surface area contributed by atoms with E-state index < -0.39 is 37.7 Å². The minimum absolute atomic E-state index is 0.153. The van der Waals surface area contributed by atoms with Gasteiger partial charge in [0.05, 0.1) is 12.0 Å². The predicted octanol–water partition coefficient (Wildman–Crippen LogP) is 2.43. The number of ether oxygens (including phenoxy) is 1. The van der Waals surface area contributed by atoms with Crippen LogP contribution in [0.15, 0.2) is 17.0 Å². The molecule has 4 atom stereocenters. The second-order valence-electron chi connectivity index (χ2n) is 5.60. The minimum Gasteiger partial charge on any atom is -0.437 e. The molecule has 1 aliphatic heterocycles. The maximum atomic E-state index is 10.2. The smallest absolute Gasteiger partial charge is 0.272 e. The topological polar surface area (TPSA) is 89.5 Å². The molecule has 1 unspecified atom stereocenters. The summed E-state index contributed by atoms with van der Waals surface area (Å²) in [5, 5.41) is 10.9. The van der Waals surface area contributed by atoms with Crippen molar-refractivity contribution in [3.05, 3.63) is 22.1 Å². The number of nitrogens with one attached hydrogen (secondary N) is 1. The zero-order valence-corrected chi connectivity index (χ0v) is 18.4. The van der Waals surface area contributed by atoms with Gasteiger partial charge in [-0.2, -0.15) is 0 Å². The first kappa shape index (κ1) is 19.2. The summed E-state index contributed by atoms with van der Waals surface area (Å²) in [6.45, 7) is 4.91. The van der Waals surface area contributed by atoms with Gasteiger partial charge >= 0.3 is 0 Å². The number of rotatable bonds is 5. The molecule has 1 aliphatic rings. The van der Waals surface area contributed by atoms with Gasteiger partial charge in [-0.15, -0.1) is 0 Å². The van der Waals surface area contributed by atoms with Crippen LogP contribution in [-0.4, -0.2) is 67.1 Å². The SMILES string of the molecule is Clc1ncnc2[nH]cc(Br)c12.[2H]B(C)OC[C@H]1O[C@H](Br)C(C)(O)[C@@H]1OB([2H])C. The van der Waals surface area contributed by atoms with Gasteiger partial charge in [-0.1, -0.05) is 41.2 Å². The van der Waals surface area contributed by atoms with Gasteiger partial charge in [-0.05, 0) is 22.9 Å². The fraction of sp³-hybridized carbons (Fsp3) is 0.571. The Morgan fingerprint density at radius 2 is 2.23 bits per heavy atom. The highest BCUT2D eigenvalue weighted by molar-refractivity contribution is 9.10. The fourth-order valence-electron chi connectivity index (χ4n) is 2.45. The summed E-state index contributed by atoms with van der Waals surface area (Å²) in [5.41, 5.74) is -0.480. The van der Waals surface area contributed by atoms with E-state index >= 15 is 0 Å². The van der Waals surface area contributed by atoms with E-state index in [-0.39, 0.29) is 6.61 Å². The number of nitrogens with zero attached hydrogens (tertiary/aromatic N) is 2. The van der Waals surface area contributed by atoms with Crippen LogP contribution in [0.4, 0.5) is 0 Å². The number of halogens is 3. The molecule has 3 rings (SSSR count). The minimum atomic E-state index is -1.23. The Labute approximate surface area is 178 Å².